The summed E-state index contributed by atoms with van der Waals surface area (Å²) in [6, 6.07) is 4.25. The molecular formula is C11H15BrN2O4S2. The number of nitrogens with one attached hydrogen (secondary N) is 1. The first kappa shape index (κ1) is 15.9. The van der Waals surface area contributed by atoms with E-state index in [0.29, 0.717) is 16.5 Å². The van der Waals surface area contributed by atoms with E-state index in [1.54, 1.807) is 12.1 Å². The van der Waals surface area contributed by atoms with Gasteiger partial charge in [-0.15, -0.1) is 0 Å². The SMILES string of the molecule is NCc1ccc(Br)c(S(=O)(=O)NC2CCS(=O)(=O)C2)c1. The van der Waals surface area contributed by atoms with Gasteiger partial charge in [-0.2, -0.15) is 0 Å². The molecule has 0 saturated carbocycles. The number of hydrogen-bond acceptors (Lipinski definition) is 5. The van der Waals surface area contributed by atoms with Crippen molar-refractivity contribution in [2.24, 2.45) is 5.73 Å². The van der Waals surface area contributed by atoms with Crippen LogP contribution in [0, 0.1) is 0 Å². The molecule has 1 saturated heterocycles. The molecule has 1 aliphatic rings. The standard InChI is InChI=1S/C11H15BrN2O4S2/c12-10-2-1-8(6-13)5-11(10)20(17,18)14-9-3-4-19(15,16)7-9/h1-2,5,9,14H,3-4,6-7,13H2. The molecule has 1 heterocycles. The van der Waals surface area contributed by atoms with Gasteiger partial charge >= 0.3 is 0 Å². The van der Waals surface area contributed by atoms with E-state index in [2.05, 4.69) is 20.7 Å². The number of nitrogens with two attached hydrogens (primary N) is 1. The lowest BCUT2D eigenvalue weighted by Crippen LogP contribution is -2.35. The van der Waals surface area contributed by atoms with Crippen LogP contribution in [-0.2, 0) is 26.4 Å². The third-order valence-corrected chi connectivity index (χ3v) is 7.36. The quantitative estimate of drug-likeness (QED) is 0.782. The van der Waals surface area contributed by atoms with Crippen LogP contribution in [0.25, 0.3) is 0 Å². The average molecular weight is 383 g/mol. The van der Waals surface area contributed by atoms with Crippen molar-refractivity contribution in [1.29, 1.82) is 0 Å². The van der Waals surface area contributed by atoms with Gasteiger partial charge in [0.25, 0.3) is 0 Å². The van der Waals surface area contributed by atoms with E-state index in [4.69, 9.17) is 5.73 Å². The summed E-state index contributed by atoms with van der Waals surface area (Å²) in [4.78, 5) is 0.0738. The largest absolute Gasteiger partial charge is 0.326 e. The van der Waals surface area contributed by atoms with Crippen LogP contribution in [0.4, 0.5) is 0 Å². The van der Waals surface area contributed by atoms with E-state index in [-0.39, 0.29) is 22.9 Å². The van der Waals surface area contributed by atoms with Gasteiger partial charge in [0.1, 0.15) is 0 Å². The summed E-state index contributed by atoms with van der Waals surface area (Å²) in [5.74, 6) is -0.134. The Morgan fingerprint density at radius 2 is 2.10 bits per heavy atom. The first-order valence-corrected chi connectivity index (χ1v) is 10.0. The van der Waals surface area contributed by atoms with Crippen molar-refractivity contribution in [3.63, 3.8) is 0 Å². The second kappa shape index (κ2) is 5.72. The zero-order chi connectivity index (χ0) is 15.0. The topological polar surface area (TPSA) is 106 Å². The molecule has 3 N–H and O–H groups in total. The van der Waals surface area contributed by atoms with Crippen LogP contribution in [0.5, 0.6) is 0 Å². The zero-order valence-electron chi connectivity index (χ0n) is 10.5. The van der Waals surface area contributed by atoms with Crippen molar-refractivity contribution >= 4 is 35.8 Å². The molecule has 0 bridgehead atoms. The summed E-state index contributed by atoms with van der Waals surface area (Å²) in [5, 5.41) is 0. The molecule has 2 rings (SSSR count). The van der Waals surface area contributed by atoms with Crippen LogP contribution in [0.2, 0.25) is 0 Å². The Morgan fingerprint density at radius 1 is 1.40 bits per heavy atom. The molecular weight excluding hydrogens is 368 g/mol. The fourth-order valence-electron chi connectivity index (χ4n) is 2.05. The van der Waals surface area contributed by atoms with Crippen molar-refractivity contribution in [3.05, 3.63) is 28.2 Å². The van der Waals surface area contributed by atoms with Crippen molar-refractivity contribution in [2.75, 3.05) is 11.5 Å². The summed E-state index contributed by atoms with van der Waals surface area (Å²) >= 11 is 3.19. The van der Waals surface area contributed by atoms with Crippen LogP contribution in [0.1, 0.15) is 12.0 Å². The number of sulfonamides is 1. The Labute approximate surface area is 126 Å². The molecule has 0 amide bonds. The van der Waals surface area contributed by atoms with Gasteiger partial charge in [-0.05, 0) is 40.0 Å². The molecule has 9 heteroatoms. The van der Waals surface area contributed by atoms with Gasteiger partial charge in [-0.1, -0.05) is 6.07 Å². The molecule has 6 nitrogen and oxygen atoms in total. The van der Waals surface area contributed by atoms with Crippen LogP contribution < -0.4 is 10.5 Å². The minimum absolute atomic E-state index is 0.0181. The summed E-state index contributed by atoms with van der Waals surface area (Å²) in [6.45, 7) is 0.230. The molecule has 0 spiro atoms. The summed E-state index contributed by atoms with van der Waals surface area (Å²) in [6.07, 6.45) is 0.301. The lowest BCUT2D eigenvalue weighted by Gasteiger charge is -2.13. The predicted molar refractivity (Wildman–Crippen MR) is 79.4 cm³/mol. The maximum Gasteiger partial charge on any atom is 0.241 e. The maximum atomic E-state index is 12.3. The Hall–Kier alpha value is -0.480. The van der Waals surface area contributed by atoms with E-state index in [1.807, 2.05) is 0 Å². The maximum absolute atomic E-state index is 12.3. The highest BCUT2D eigenvalue weighted by Crippen LogP contribution is 2.24. The van der Waals surface area contributed by atoms with Gasteiger partial charge in [0.15, 0.2) is 9.84 Å². The first-order chi connectivity index (χ1) is 9.23. The molecule has 1 aliphatic heterocycles. The molecule has 112 valence electrons. The van der Waals surface area contributed by atoms with E-state index in [9.17, 15) is 16.8 Å². The lowest BCUT2D eigenvalue weighted by atomic mass is 10.2. The second-order valence-corrected chi connectivity index (χ2v) is 9.46. The highest BCUT2D eigenvalue weighted by atomic mass is 79.9. The van der Waals surface area contributed by atoms with E-state index < -0.39 is 25.9 Å². The van der Waals surface area contributed by atoms with Gasteiger partial charge < -0.3 is 5.73 Å². The van der Waals surface area contributed by atoms with Gasteiger partial charge in [-0.3, -0.25) is 0 Å². The smallest absolute Gasteiger partial charge is 0.241 e. The number of benzene rings is 1. The minimum Gasteiger partial charge on any atom is -0.326 e. The van der Waals surface area contributed by atoms with Gasteiger partial charge in [0, 0.05) is 17.1 Å². The molecule has 1 aromatic carbocycles. The summed E-state index contributed by atoms with van der Waals surface area (Å²) in [5.41, 5.74) is 6.19. The zero-order valence-corrected chi connectivity index (χ0v) is 13.8. The molecule has 1 fully saturated rings. The molecule has 1 atom stereocenters. The van der Waals surface area contributed by atoms with Gasteiger partial charge in [-0.25, -0.2) is 21.6 Å². The van der Waals surface area contributed by atoms with Gasteiger partial charge in [0.05, 0.1) is 16.4 Å². The molecule has 20 heavy (non-hydrogen) atoms. The Bertz CT molecular complexity index is 716. The number of rotatable bonds is 4. The van der Waals surface area contributed by atoms with Crippen molar-refractivity contribution in [3.8, 4) is 0 Å². The average Bonchev–Trinajstić information content (AvgIpc) is 2.68. The monoisotopic (exact) mass is 382 g/mol. The number of halogens is 1. The highest BCUT2D eigenvalue weighted by Gasteiger charge is 2.32. The van der Waals surface area contributed by atoms with Crippen LogP contribution in [0.15, 0.2) is 27.6 Å². The molecule has 1 aromatic rings. The predicted octanol–water partition coefficient (Wildman–Crippen LogP) is 0.373. The normalized spacial score (nSPS) is 22.0. The molecule has 1 unspecified atom stereocenters. The van der Waals surface area contributed by atoms with E-state index in [1.165, 1.54) is 6.07 Å². The second-order valence-electron chi connectivity index (χ2n) is 4.69. The third kappa shape index (κ3) is 3.59. The molecule has 0 aromatic heterocycles. The van der Waals surface area contributed by atoms with Crippen LogP contribution in [0.3, 0.4) is 0 Å². The molecule has 0 radical (unpaired) electrons. The van der Waals surface area contributed by atoms with Crippen LogP contribution >= 0.6 is 15.9 Å². The highest BCUT2D eigenvalue weighted by molar-refractivity contribution is 9.10. The van der Waals surface area contributed by atoms with Gasteiger partial charge in [0.2, 0.25) is 10.0 Å². The van der Waals surface area contributed by atoms with Crippen molar-refractivity contribution in [2.45, 2.75) is 23.9 Å². The Balaban J connectivity index is 2.27. The lowest BCUT2D eigenvalue weighted by molar-refractivity contribution is 0.562. The fourth-order valence-corrected chi connectivity index (χ4v) is 6.11. The Morgan fingerprint density at radius 3 is 2.65 bits per heavy atom. The van der Waals surface area contributed by atoms with Crippen LogP contribution in [-0.4, -0.2) is 34.4 Å². The summed E-state index contributed by atoms with van der Waals surface area (Å²) < 4.78 is 50.2. The minimum atomic E-state index is -3.77. The first-order valence-electron chi connectivity index (χ1n) is 5.95. The fraction of sp³-hybridized carbons (Fsp3) is 0.455. The summed E-state index contributed by atoms with van der Waals surface area (Å²) in [7, 11) is -6.91. The number of sulfone groups is 1. The molecule has 0 aliphatic carbocycles. The Kier molecular flexibility index (Phi) is 4.55. The number of hydrogen-bond donors (Lipinski definition) is 2. The van der Waals surface area contributed by atoms with Crippen molar-refractivity contribution < 1.29 is 16.8 Å². The third-order valence-electron chi connectivity index (χ3n) is 3.08. The van der Waals surface area contributed by atoms with E-state index >= 15 is 0 Å². The van der Waals surface area contributed by atoms with Crippen molar-refractivity contribution in [1.82, 2.24) is 4.72 Å². The van der Waals surface area contributed by atoms with E-state index in [0.717, 1.165) is 0 Å².